The first-order chi connectivity index (χ1) is 13.8. The number of nitrogens with zero attached hydrogens (tertiary/aromatic N) is 1. The van der Waals surface area contributed by atoms with E-state index in [-0.39, 0.29) is 43.3 Å². The van der Waals surface area contributed by atoms with E-state index in [1.807, 2.05) is 19.9 Å². The van der Waals surface area contributed by atoms with Gasteiger partial charge in [0.1, 0.15) is 6.04 Å². The summed E-state index contributed by atoms with van der Waals surface area (Å²) < 4.78 is 10.8. The van der Waals surface area contributed by atoms with Crippen molar-refractivity contribution in [2.75, 3.05) is 20.3 Å². The van der Waals surface area contributed by atoms with Crippen molar-refractivity contribution in [2.45, 2.75) is 51.6 Å². The van der Waals surface area contributed by atoms with Gasteiger partial charge in [0.25, 0.3) is 5.91 Å². The summed E-state index contributed by atoms with van der Waals surface area (Å²) in [4.78, 5) is 37.8. The predicted molar refractivity (Wildman–Crippen MR) is 107 cm³/mol. The minimum absolute atomic E-state index is 0.0543. The second-order valence-electron chi connectivity index (χ2n) is 7.60. The zero-order valence-corrected chi connectivity index (χ0v) is 17.2. The highest BCUT2D eigenvalue weighted by Crippen LogP contribution is 2.28. The number of carboxylic acid groups (broad SMARTS) is 1. The molecule has 0 aromatic heterocycles. The van der Waals surface area contributed by atoms with Crippen LogP contribution in [-0.2, 0) is 14.4 Å². The fourth-order valence-electron chi connectivity index (χ4n) is 3.04. The third-order valence-electron chi connectivity index (χ3n) is 4.65. The summed E-state index contributed by atoms with van der Waals surface area (Å²) in [5, 5.41) is 11.8. The van der Waals surface area contributed by atoms with Crippen molar-refractivity contribution in [3.05, 3.63) is 24.3 Å². The van der Waals surface area contributed by atoms with Gasteiger partial charge in [-0.15, -0.1) is 0 Å². The Kier molecular flexibility index (Phi) is 8.30. The average molecular weight is 406 g/mol. The maximum absolute atomic E-state index is 12.6. The number of methoxy groups -OCH3 is 1. The number of benzene rings is 1. The van der Waals surface area contributed by atoms with Gasteiger partial charge in [0.2, 0.25) is 5.91 Å². The van der Waals surface area contributed by atoms with Gasteiger partial charge in [-0.2, -0.15) is 0 Å². The Balaban J connectivity index is 1.87. The highest BCUT2D eigenvalue weighted by atomic mass is 16.5. The molecule has 1 aliphatic carbocycles. The maximum atomic E-state index is 12.6. The van der Waals surface area contributed by atoms with Gasteiger partial charge >= 0.3 is 5.97 Å². The number of hydrogen-bond donors (Lipinski definition) is 2. The van der Waals surface area contributed by atoms with E-state index in [0.29, 0.717) is 17.9 Å². The molecule has 0 saturated heterocycles. The predicted octanol–water partition coefficient (Wildman–Crippen LogP) is 2.07. The van der Waals surface area contributed by atoms with Gasteiger partial charge in [0.15, 0.2) is 18.1 Å². The second kappa shape index (κ2) is 10.7. The van der Waals surface area contributed by atoms with Gasteiger partial charge in [-0.3, -0.25) is 9.59 Å². The van der Waals surface area contributed by atoms with E-state index in [2.05, 4.69) is 5.32 Å². The van der Waals surface area contributed by atoms with Crippen LogP contribution in [-0.4, -0.2) is 60.1 Å². The number of nitrogens with one attached hydrogen (secondary N) is 1. The first-order valence-electron chi connectivity index (χ1n) is 9.89. The summed E-state index contributed by atoms with van der Waals surface area (Å²) in [7, 11) is 1.53. The maximum Gasteiger partial charge on any atom is 0.326 e. The second-order valence-corrected chi connectivity index (χ2v) is 7.60. The number of aliphatic carboxylic acids is 1. The average Bonchev–Trinajstić information content (AvgIpc) is 3.50. The lowest BCUT2D eigenvalue weighted by atomic mass is 10.0. The summed E-state index contributed by atoms with van der Waals surface area (Å²) in [5.41, 5.74) is 0. The van der Waals surface area contributed by atoms with Crippen molar-refractivity contribution >= 4 is 17.8 Å². The molecule has 8 heteroatoms. The summed E-state index contributed by atoms with van der Waals surface area (Å²) in [6, 6.07) is 6.28. The van der Waals surface area contributed by atoms with Crippen molar-refractivity contribution in [2.24, 2.45) is 5.92 Å². The third kappa shape index (κ3) is 7.29. The molecule has 0 bridgehead atoms. The lowest BCUT2D eigenvalue weighted by Crippen LogP contribution is -2.44. The Morgan fingerprint density at radius 1 is 1.21 bits per heavy atom. The van der Waals surface area contributed by atoms with Crippen LogP contribution in [0.25, 0.3) is 0 Å². The molecule has 0 spiro atoms. The van der Waals surface area contributed by atoms with Gasteiger partial charge in [-0.05, 0) is 37.3 Å². The molecule has 29 heavy (non-hydrogen) atoms. The quantitative estimate of drug-likeness (QED) is 0.551. The van der Waals surface area contributed by atoms with Gasteiger partial charge in [-0.1, -0.05) is 26.0 Å². The summed E-state index contributed by atoms with van der Waals surface area (Å²) in [5.74, 6) is -0.455. The number of para-hydroxylation sites is 2. The van der Waals surface area contributed by atoms with Crippen LogP contribution in [0.1, 0.15) is 39.5 Å². The van der Waals surface area contributed by atoms with Crippen molar-refractivity contribution < 1.29 is 29.0 Å². The van der Waals surface area contributed by atoms with E-state index in [1.54, 1.807) is 23.1 Å². The molecule has 1 saturated carbocycles. The molecule has 160 valence electrons. The summed E-state index contributed by atoms with van der Waals surface area (Å²) in [6.45, 7) is 3.89. The van der Waals surface area contributed by atoms with Crippen LogP contribution in [0.2, 0.25) is 0 Å². The highest BCUT2D eigenvalue weighted by Gasteiger charge is 2.33. The molecule has 0 radical (unpaired) electrons. The molecule has 1 aromatic rings. The smallest absolute Gasteiger partial charge is 0.326 e. The van der Waals surface area contributed by atoms with Crippen LogP contribution >= 0.6 is 0 Å². The fraction of sp³-hybridized carbons (Fsp3) is 0.571. The van der Waals surface area contributed by atoms with Gasteiger partial charge in [0.05, 0.1) is 7.11 Å². The molecular formula is C21H30N2O6. The number of ether oxygens (including phenoxy) is 2. The van der Waals surface area contributed by atoms with Gasteiger partial charge < -0.3 is 24.8 Å². The van der Waals surface area contributed by atoms with Crippen molar-refractivity contribution in [1.29, 1.82) is 0 Å². The lowest BCUT2D eigenvalue weighted by Gasteiger charge is -2.23. The van der Waals surface area contributed by atoms with Gasteiger partial charge in [0, 0.05) is 19.0 Å². The lowest BCUT2D eigenvalue weighted by molar-refractivity contribution is -0.142. The van der Waals surface area contributed by atoms with Crippen molar-refractivity contribution in [3.63, 3.8) is 0 Å². The standard InChI is InChI=1S/C21H30N2O6/c1-14(2)12-16(21(26)27)22-19(24)10-11-23(15-8-9-15)20(25)13-29-18-7-5-4-6-17(18)28-3/h4-7,14-16H,8-13H2,1-3H3,(H,22,24)(H,26,27). The number of carbonyl (C=O) groups is 3. The molecule has 2 rings (SSSR count). The van der Waals surface area contributed by atoms with E-state index in [9.17, 15) is 19.5 Å². The largest absolute Gasteiger partial charge is 0.493 e. The molecule has 2 amide bonds. The molecule has 8 nitrogen and oxygen atoms in total. The normalized spacial score (nSPS) is 14.2. The first kappa shape index (κ1) is 22.5. The van der Waals surface area contributed by atoms with Crippen molar-refractivity contribution in [3.8, 4) is 11.5 Å². The number of carboxylic acids is 1. The van der Waals surface area contributed by atoms with Crippen LogP contribution < -0.4 is 14.8 Å². The first-order valence-corrected chi connectivity index (χ1v) is 9.89. The van der Waals surface area contributed by atoms with Crippen LogP contribution in [0.15, 0.2) is 24.3 Å². The number of hydrogen-bond acceptors (Lipinski definition) is 5. The molecule has 0 aliphatic heterocycles. The fourth-order valence-corrected chi connectivity index (χ4v) is 3.04. The van der Waals surface area contributed by atoms with Crippen molar-refractivity contribution in [1.82, 2.24) is 10.2 Å². The number of amides is 2. The molecule has 1 fully saturated rings. The Hall–Kier alpha value is -2.77. The van der Waals surface area contributed by atoms with Crippen LogP contribution in [0.5, 0.6) is 11.5 Å². The Bertz CT molecular complexity index is 717. The summed E-state index contributed by atoms with van der Waals surface area (Å²) in [6.07, 6.45) is 2.21. The molecule has 0 heterocycles. The molecule has 1 aromatic carbocycles. The van der Waals surface area contributed by atoms with Gasteiger partial charge in [-0.25, -0.2) is 4.79 Å². The van der Waals surface area contributed by atoms with Crippen LogP contribution in [0, 0.1) is 5.92 Å². The molecule has 1 unspecified atom stereocenters. The summed E-state index contributed by atoms with van der Waals surface area (Å²) >= 11 is 0. The Morgan fingerprint density at radius 3 is 2.41 bits per heavy atom. The van der Waals surface area contributed by atoms with E-state index in [4.69, 9.17) is 9.47 Å². The highest BCUT2D eigenvalue weighted by molar-refractivity contribution is 5.84. The topological polar surface area (TPSA) is 105 Å². The zero-order valence-electron chi connectivity index (χ0n) is 17.2. The number of rotatable bonds is 12. The molecular weight excluding hydrogens is 376 g/mol. The van der Waals surface area contributed by atoms with Crippen LogP contribution in [0.3, 0.4) is 0 Å². The Morgan fingerprint density at radius 2 is 1.86 bits per heavy atom. The minimum atomic E-state index is -1.05. The molecule has 2 N–H and O–H groups in total. The van der Waals surface area contributed by atoms with Crippen LogP contribution in [0.4, 0.5) is 0 Å². The Labute approximate surface area is 171 Å². The van der Waals surface area contributed by atoms with E-state index in [0.717, 1.165) is 12.8 Å². The SMILES string of the molecule is COc1ccccc1OCC(=O)N(CCC(=O)NC(CC(C)C)C(=O)O)C1CC1. The van der Waals surface area contributed by atoms with E-state index >= 15 is 0 Å². The number of carbonyl (C=O) groups excluding carboxylic acids is 2. The molecule has 1 aliphatic rings. The monoisotopic (exact) mass is 406 g/mol. The van der Waals surface area contributed by atoms with E-state index < -0.39 is 12.0 Å². The third-order valence-corrected chi connectivity index (χ3v) is 4.65. The molecule has 1 atom stereocenters. The zero-order chi connectivity index (χ0) is 21.4. The minimum Gasteiger partial charge on any atom is -0.493 e. The van der Waals surface area contributed by atoms with E-state index in [1.165, 1.54) is 7.11 Å².